The Labute approximate surface area is 122 Å². The first-order valence-electron chi connectivity index (χ1n) is 7.82. The molecule has 1 rings (SSSR count). The van der Waals surface area contributed by atoms with Gasteiger partial charge in [-0.15, -0.1) is 0 Å². The molecule has 20 heavy (non-hydrogen) atoms. The van der Waals surface area contributed by atoms with Gasteiger partial charge >= 0.3 is 0 Å². The van der Waals surface area contributed by atoms with E-state index in [4.69, 9.17) is 5.73 Å². The van der Waals surface area contributed by atoms with Gasteiger partial charge in [0.1, 0.15) is 0 Å². The van der Waals surface area contributed by atoms with Crippen molar-refractivity contribution in [2.45, 2.75) is 52.5 Å². The van der Waals surface area contributed by atoms with Crippen molar-refractivity contribution in [3.63, 3.8) is 0 Å². The van der Waals surface area contributed by atoms with Crippen molar-refractivity contribution in [3.05, 3.63) is 0 Å². The molecule has 5 nitrogen and oxygen atoms in total. The largest absolute Gasteiger partial charge is 0.355 e. The van der Waals surface area contributed by atoms with Crippen LogP contribution in [-0.2, 0) is 9.59 Å². The number of rotatable bonds is 6. The topological polar surface area (TPSA) is 75.4 Å². The van der Waals surface area contributed by atoms with E-state index >= 15 is 0 Å². The highest BCUT2D eigenvalue weighted by Gasteiger charge is 2.33. The number of amides is 2. The van der Waals surface area contributed by atoms with Crippen molar-refractivity contribution in [2.75, 3.05) is 19.6 Å². The highest BCUT2D eigenvalue weighted by atomic mass is 16.2. The Morgan fingerprint density at radius 2 is 1.90 bits per heavy atom. The molecule has 0 aromatic rings. The molecule has 1 fully saturated rings. The van der Waals surface area contributed by atoms with Gasteiger partial charge in [0, 0.05) is 32.1 Å². The predicted molar refractivity (Wildman–Crippen MR) is 80.0 cm³/mol. The van der Waals surface area contributed by atoms with E-state index in [-0.39, 0.29) is 23.8 Å². The molecule has 1 saturated carbocycles. The van der Waals surface area contributed by atoms with Crippen LogP contribution in [0.3, 0.4) is 0 Å². The summed E-state index contributed by atoms with van der Waals surface area (Å²) in [7, 11) is 0. The van der Waals surface area contributed by atoms with Gasteiger partial charge in [-0.3, -0.25) is 9.59 Å². The molecule has 0 spiro atoms. The summed E-state index contributed by atoms with van der Waals surface area (Å²) in [6.07, 6.45) is 3.45. The molecule has 1 aliphatic rings. The van der Waals surface area contributed by atoms with E-state index in [1.54, 1.807) is 4.90 Å². The Bertz CT molecular complexity index is 319. The second-order valence-corrected chi connectivity index (χ2v) is 5.70. The van der Waals surface area contributed by atoms with Crippen molar-refractivity contribution in [1.29, 1.82) is 0 Å². The molecule has 116 valence electrons. The van der Waals surface area contributed by atoms with Crippen molar-refractivity contribution in [2.24, 2.45) is 17.6 Å². The van der Waals surface area contributed by atoms with Crippen LogP contribution >= 0.6 is 0 Å². The molecular formula is C15H29N3O2. The van der Waals surface area contributed by atoms with E-state index in [9.17, 15) is 9.59 Å². The molecule has 0 bridgehead atoms. The minimum Gasteiger partial charge on any atom is -0.355 e. The van der Waals surface area contributed by atoms with E-state index in [2.05, 4.69) is 12.2 Å². The molecule has 3 N–H and O–H groups in total. The van der Waals surface area contributed by atoms with Gasteiger partial charge in [0.05, 0.1) is 5.92 Å². The zero-order valence-corrected chi connectivity index (χ0v) is 13.0. The van der Waals surface area contributed by atoms with E-state index < -0.39 is 0 Å². The Hall–Kier alpha value is -1.10. The van der Waals surface area contributed by atoms with Crippen LogP contribution < -0.4 is 11.1 Å². The third-order valence-corrected chi connectivity index (χ3v) is 4.33. The average molecular weight is 283 g/mol. The van der Waals surface area contributed by atoms with Gasteiger partial charge in [-0.25, -0.2) is 0 Å². The Kier molecular flexibility index (Phi) is 6.99. The molecule has 3 unspecified atom stereocenters. The van der Waals surface area contributed by atoms with Crippen LogP contribution in [0.15, 0.2) is 0 Å². The Morgan fingerprint density at radius 1 is 1.25 bits per heavy atom. The summed E-state index contributed by atoms with van der Waals surface area (Å²) in [5, 5.41) is 2.88. The van der Waals surface area contributed by atoms with Gasteiger partial charge in [-0.2, -0.15) is 0 Å². The second-order valence-electron chi connectivity index (χ2n) is 5.70. The van der Waals surface area contributed by atoms with Gasteiger partial charge in [0.25, 0.3) is 0 Å². The lowest BCUT2D eigenvalue weighted by molar-refractivity contribution is -0.131. The van der Waals surface area contributed by atoms with Crippen LogP contribution in [0, 0.1) is 11.8 Å². The first kappa shape index (κ1) is 17.0. The first-order valence-corrected chi connectivity index (χ1v) is 7.82. The van der Waals surface area contributed by atoms with Crippen molar-refractivity contribution < 1.29 is 9.59 Å². The summed E-state index contributed by atoms with van der Waals surface area (Å²) in [6, 6.07) is -0.0442. The van der Waals surface area contributed by atoms with Gasteiger partial charge in [0.15, 0.2) is 0 Å². The maximum absolute atomic E-state index is 12.2. The fourth-order valence-electron chi connectivity index (χ4n) is 3.05. The van der Waals surface area contributed by atoms with Crippen LogP contribution in [0.25, 0.3) is 0 Å². The molecule has 0 aliphatic heterocycles. The lowest BCUT2D eigenvalue weighted by Crippen LogP contribution is -2.48. The van der Waals surface area contributed by atoms with Gasteiger partial charge in [0.2, 0.25) is 11.8 Å². The molecule has 0 saturated heterocycles. The third kappa shape index (κ3) is 4.47. The smallest absolute Gasteiger partial charge is 0.224 e. The maximum atomic E-state index is 12.2. The van der Waals surface area contributed by atoms with E-state index in [0.29, 0.717) is 32.0 Å². The molecule has 0 heterocycles. The lowest BCUT2D eigenvalue weighted by atomic mass is 9.76. The van der Waals surface area contributed by atoms with Crippen LogP contribution in [0.1, 0.15) is 46.5 Å². The van der Waals surface area contributed by atoms with Crippen molar-refractivity contribution in [3.8, 4) is 0 Å². The Morgan fingerprint density at radius 3 is 2.45 bits per heavy atom. The Balaban J connectivity index is 2.37. The number of carbonyl (C=O) groups excluding carboxylic acids is 2. The highest BCUT2D eigenvalue weighted by molar-refractivity contribution is 5.81. The number of nitrogens with one attached hydrogen (secondary N) is 1. The summed E-state index contributed by atoms with van der Waals surface area (Å²) < 4.78 is 0. The van der Waals surface area contributed by atoms with E-state index in [1.165, 1.54) is 0 Å². The predicted octanol–water partition coefficient (Wildman–Crippen LogP) is 1.12. The van der Waals surface area contributed by atoms with Crippen LogP contribution in [0.5, 0.6) is 0 Å². The summed E-state index contributed by atoms with van der Waals surface area (Å²) >= 11 is 0. The lowest BCUT2D eigenvalue weighted by Gasteiger charge is -2.33. The SMILES string of the molecule is CCN(CC)C(=O)CCNC(=O)C1C(C)CCCC1N. The quantitative estimate of drug-likeness (QED) is 0.767. The minimum atomic E-state index is -0.104. The number of nitrogens with two attached hydrogens (primary N) is 1. The zero-order valence-electron chi connectivity index (χ0n) is 13.0. The summed E-state index contributed by atoms with van der Waals surface area (Å²) in [4.78, 5) is 25.8. The fourth-order valence-corrected chi connectivity index (χ4v) is 3.05. The van der Waals surface area contributed by atoms with Gasteiger partial charge < -0.3 is 16.0 Å². The molecule has 1 aliphatic carbocycles. The number of hydrogen-bond donors (Lipinski definition) is 2. The third-order valence-electron chi connectivity index (χ3n) is 4.33. The van der Waals surface area contributed by atoms with Crippen LogP contribution in [0.4, 0.5) is 0 Å². The number of nitrogens with zero attached hydrogens (tertiary/aromatic N) is 1. The molecule has 0 aromatic heterocycles. The maximum Gasteiger partial charge on any atom is 0.224 e. The average Bonchev–Trinajstić information content (AvgIpc) is 2.40. The number of carbonyl (C=O) groups is 2. The second kappa shape index (κ2) is 8.25. The highest BCUT2D eigenvalue weighted by Crippen LogP contribution is 2.28. The van der Waals surface area contributed by atoms with Crippen molar-refractivity contribution in [1.82, 2.24) is 10.2 Å². The monoisotopic (exact) mass is 283 g/mol. The molecule has 2 amide bonds. The minimum absolute atomic E-state index is 0.0112. The normalized spacial score (nSPS) is 26.1. The van der Waals surface area contributed by atoms with Gasteiger partial charge in [-0.1, -0.05) is 13.3 Å². The summed E-state index contributed by atoms with van der Waals surface area (Å²) in [5.41, 5.74) is 6.06. The zero-order chi connectivity index (χ0) is 15.1. The van der Waals surface area contributed by atoms with Gasteiger partial charge in [-0.05, 0) is 32.6 Å². The fraction of sp³-hybridized carbons (Fsp3) is 0.867. The van der Waals surface area contributed by atoms with Crippen molar-refractivity contribution >= 4 is 11.8 Å². The molecular weight excluding hydrogens is 254 g/mol. The summed E-state index contributed by atoms with van der Waals surface area (Å²) in [5.74, 6) is 0.331. The van der Waals surface area contributed by atoms with E-state index in [0.717, 1.165) is 19.3 Å². The molecule has 3 atom stereocenters. The molecule has 0 radical (unpaired) electrons. The standard InChI is InChI=1S/C15H29N3O2/c1-4-18(5-2)13(19)9-10-17-15(20)14-11(3)7-6-8-12(14)16/h11-12,14H,4-10,16H2,1-3H3,(H,17,20). The first-order chi connectivity index (χ1) is 9.51. The molecule has 0 aromatic carbocycles. The van der Waals surface area contributed by atoms with E-state index in [1.807, 2.05) is 13.8 Å². The van der Waals surface area contributed by atoms with Crippen LogP contribution in [0.2, 0.25) is 0 Å². The summed E-state index contributed by atoms with van der Waals surface area (Å²) in [6.45, 7) is 7.85. The number of hydrogen-bond acceptors (Lipinski definition) is 3. The van der Waals surface area contributed by atoms with Crippen LogP contribution in [-0.4, -0.2) is 42.4 Å². The molecule has 5 heteroatoms.